The number of hydrogen-bond acceptors (Lipinski definition) is 4. The van der Waals surface area contributed by atoms with Gasteiger partial charge < -0.3 is 15.2 Å². The van der Waals surface area contributed by atoms with E-state index in [4.69, 9.17) is 4.74 Å². The molecule has 0 amide bonds. The van der Waals surface area contributed by atoms with Gasteiger partial charge in [-0.15, -0.1) is 0 Å². The summed E-state index contributed by atoms with van der Waals surface area (Å²) in [5.41, 5.74) is -0.663. The molecule has 0 spiro atoms. The Kier molecular flexibility index (Phi) is 5.22. The maximum Gasteiger partial charge on any atom is 0.215 e. The molecule has 0 atom stereocenters. The monoisotopic (exact) mass is 238 g/mol. The summed E-state index contributed by atoms with van der Waals surface area (Å²) >= 11 is 0. The van der Waals surface area contributed by atoms with Crippen LogP contribution in [0.15, 0.2) is 18.2 Å². The second-order valence-corrected chi connectivity index (χ2v) is 4.08. The summed E-state index contributed by atoms with van der Waals surface area (Å²) in [6.07, 6.45) is 1.45. The fourth-order valence-corrected chi connectivity index (χ4v) is 1.50. The van der Waals surface area contributed by atoms with Crippen LogP contribution in [0.1, 0.15) is 33.6 Å². The number of rotatable bonds is 7. The Morgan fingerprint density at radius 2 is 2.00 bits per heavy atom. The Morgan fingerprint density at radius 1 is 1.29 bits per heavy atom. The highest BCUT2D eigenvalue weighted by Crippen LogP contribution is 2.17. The van der Waals surface area contributed by atoms with Gasteiger partial charge in [0.1, 0.15) is 5.82 Å². The van der Waals surface area contributed by atoms with Crippen LogP contribution >= 0.6 is 0 Å². The molecule has 0 radical (unpaired) electrons. The van der Waals surface area contributed by atoms with Gasteiger partial charge in [-0.1, -0.05) is 19.9 Å². The van der Waals surface area contributed by atoms with Gasteiger partial charge in [0.25, 0.3) is 0 Å². The van der Waals surface area contributed by atoms with Crippen molar-refractivity contribution < 1.29 is 9.84 Å². The van der Waals surface area contributed by atoms with Crippen molar-refractivity contribution in [2.45, 2.75) is 39.2 Å². The number of nitrogens with zero attached hydrogens (tertiary/aromatic N) is 1. The number of anilines is 1. The van der Waals surface area contributed by atoms with Crippen molar-refractivity contribution in [3.05, 3.63) is 18.2 Å². The third-order valence-corrected chi connectivity index (χ3v) is 2.93. The van der Waals surface area contributed by atoms with Crippen LogP contribution in [0, 0.1) is 0 Å². The largest absolute Gasteiger partial charge is 0.478 e. The molecule has 0 aromatic carbocycles. The van der Waals surface area contributed by atoms with Crippen molar-refractivity contribution in [2.75, 3.05) is 18.5 Å². The van der Waals surface area contributed by atoms with Crippen LogP contribution in [0.5, 0.6) is 5.88 Å². The maximum absolute atomic E-state index is 10.1. The highest BCUT2D eigenvalue weighted by Gasteiger charge is 2.21. The van der Waals surface area contributed by atoms with Crippen molar-refractivity contribution >= 4 is 5.82 Å². The summed E-state index contributed by atoms with van der Waals surface area (Å²) in [4.78, 5) is 4.29. The van der Waals surface area contributed by atoms with Crippen molar-refractivity contribution in [2.24, 2.45) is 0 Å². The van der Waals surface area contributed by atoms with Gasteiger partial charge in [0.2, 0.25) is 5.88 Å². The molecule has 1 aromatic rings. The van der Waals surface area contributed by atoms with Crippen molar-refractivity contribution in [3.8, 4) is 5.88 Å². The van der Waals surface area contributed by atoms with Crippen LogP contribution in [0.25, 0.3) is 0 Å². The summed E-state index contributed by atoms with van der Waals surface area (Å²) in [6.45, 7) is 6.99. The second kappa shape index (κ2) is 6.45. The number of aromatic nitrogens is 1. The van der Waals surface area contributed by atoms with E-state index < -0.39 is 5.60 Å². The van der Waals surface area contributed by atoms with Crippen LogP contribution < -0.4 is 10.1 Å². The van der Waals surface area contributed by atoms with E-state index >= 15 is 0 Å². The summed E-state index contributed by atoms with van der Waals surface area (Å²) in [5, 5.41) is 13.3. The molecule has 0 saturated carbocycles. The molecule has 0 aliphatic carbocycles. The Hall–Kier alpha value is -1.29. The third-order valence-electron chi connectivity index (χ3n) is 2.93. The van der Waals surface area contributed by atoms with E-state index in [-0.39, 0.29) is 0 Å². The minimum absolute atomic E-state index is 0.503. The summed E-state index contributed by atoms with van der Waals surface area (Å²) in [5.74, 6) is 1.34. The van der Waals surface area contributed by atoms with Crippen LogP contribution in [-0.4, -0.2) is 28.8 Å². The molecule has 2 N–H and O–H groups in total. The molecule has 0 fully saturated rings. The van der Waals surface area contributed by atoms with Crippen molar-refractivity contribution in [1.82, 2.24) is 4.98 Å². The Balaban J connectivity index is 2.59. The average Bonchev–Trinajstić information content (AvgIpc) is 2.37. The first-order chi connectivity index (χ1) is 8.13. The van der Waals surface area contributed by atoms with Gasteiger partial charge in [0.15, 0.2) is 0 Å². The first-order valence-corrected chi connectivity index (χ1v) is 6.19. The van der Waals surface area contributed by atoms with Crippen molar-refractivity contribution in [3.63, 3.8) is 0 Å². The number of hydrogen-bond donors (Lipinski definition) is 2. The molecular formula is C13H22N2O2. The molecule has 1 rings (SSSR count). The molecule has 0 aliphatic rings. The SMILES string of the molecule is CCOc1cccc(NCC(O)(CC)CC)n1. The molecule has 96 valence electrons. The van der Waals surface area contributed by atoms with E-state index in [9.17, 15) is 5.11 Å². The molecule has 1 heterocycles. The van der Waals surface area contributed by atoms with Crippen LogP contribution in [-0.2, 0) is 0 Å². The van der Waals surface area contributed by atoms with E-state index in [0.29, 0.717) is 19.0 Å². The number of pyridine rings is 1. The maximum atomic E-state index is 10.1. The smallest absolute Gasteiger partial charge is 0.215 e. The molecule has 0 saturated heterocycles. The highest BCUT2D eigenvalue weighted by atomic mass is 16.5. The van der Waals surface area contributed by atoms with Gasteiger partial charge in [-0.05, 0) is 25.8 Å². The lowest BCUT2D eigenvalue weighted by molar-refractivity contribution is 0.0456. The molecule has 0 aliphatic heterocycles. The highest BCUT2D eigenvalue weighted by molar-refractivity contribution is 5.37. The van der Waals surface area contributed by atoms with Gasteiger partial charge in [0.05, 0.1) is 12.2 Å². The summed E-state index contributed by atoms with van der Waals surface area (Å²) < 4.78 is 5.32. The lowest BCUT2D eigenvalue weighted by atomic mass is 9.98. The average molecular weight is 238 g/mol. The first-order valence-electron chi connectivity index (χ1n) is 6.19. The normalized spacial score (nSPS) is 11.3. The van der Waals surface area contributed by atoms with Gasteiger partial charge in [-0.25, -0.2) is 0 Å². The molecule has 0 unspecified atom stereocenters. The van der Waals surface area contributed by atoms with E-state index in [1.807, 2.05) is 39.0 Å². The predicted octanol–water partition coefficient (Wildman–Crippen LogP) is 2.44. The van der Waals surface area contributed by atoms with Crippen LogP contribution in [0.4, 0.5) is 5.82 Å². The fourth-order valence-electron chi connectivity index (χ4n) is 1.50. The molecule has 4 heteroatoms. The third kappa shape index (κ3) is 4.23. The second-order valence-electron chi connectivity index (χ2n) is 4.08. The van der Waals surface area contributed by atoms with Crippen molar-refractivity contribution in [1.29, 1.82) is 0 Å². The lowest BCUT2D eigenvalue weighted by Crippen LogP contribution is -2.35. The number of nitrogens with one attached hydrogen (secondary N) is 1. The van der Waals surface area contributed by atoms with Gasteiger partial charge in [-0.2, -0.15) is 4.98 Å². The Labute approximate surface area is 103 Å². The molecule has 1 aromatic heterocycles. The topological polar surface area (TPSA) is 54.4 Å². The van der Waals surface area contributed by atoms with Gasteiger partial charge in [-0.3, -0.25) is 0 Å². The fraction of sp³-hybridized carbons (Fsp3) is 0.615. The zero-order valence-corrected chi connectivity index (χ0v) is 10.9. The van der Waals surface area contributed by atoms with Crippen LogP contribution in [0.2, 0.25) is 0 Å². The first kappa shape index (κ1) is 13.8. The Morgan fingerprint density at radius 3 is 2.59 bits per heavy atom. The zero-order chi connectivity index (χ0) is 12.7. The molecule has 0 bridgehead atoms. The van der Waals surface area contributed by atoms with Crippen LogP contribution in [0.3, 0.4) is 0 Å². The lowest BCUT2D eigenvalue weighted by Gasteiger charge is -2.25. The Bertz CT molecular complexity index is 338. The summed E-state index contributed by atoms with van der Waals surface area (Å²) in [6, 6.07) is 5.58. The molecular weight excluding hydrogens is 216 g/mol. The zero-order valence-electron chi connectivity index (χ0n) is 10.9. The summed E-state index contributed by atoms with van der Waals surface area (Å²) in [7, 11) is 0. The molecule has 17 heavy (non-hydrogen) atoms. The number of aliphatic hydroxyl groups is 1. The quantitative estimate of drug-likeness (QED) is 0.766. The van der Waals surface area contributed by atoms with Gasteiger partial charge in [0, 0.05) is 12.6 Å². The number of ether oxygens (including phenoxy) is 1. The van der Waals surface area contributed by atoms with E-state index in [2.05, 4.69) is 10.3 Å². The predicted molar refractivity (Wildman–Crippen MR) is 69.4 cm³/mol. The minimum atomic E-state index is -0.663. The standard InChI is InChI=1S/C13H22N2O2/c1-4-13(16,5-2)10-14-11-8-7-9-12(15-11)17-6-3/h7-9,16H,4-6,10H2,1-3H3,(H,14,15). The molecule has 4 nitrogen and oxygen atoms in total. The van der Waals surface area contributed by atoms with Gasteiger partial charge >= 0.3 is 0 Å². The van der Waals surface area contributed by atoms with E-state index in [0.717, 1.165) is 18.7 Å². The van der Waals surface area contributed by atoms with E-state index in [1.165, 1.54) is 0 Å². The van der Waals surface area contributed by atoms with E-state index in [1.54, 1.807) is 0 Å². The minimum Gasteiger partial charge on any atom is -0.478 e.